The maximum atomic E-state index is 11.7. The van der Waals surface area contributed by atoms with Gasteiger partial charge in [0.25, 0.3) is 0 Å². The number of ether oxygens (including phenoxy) is 2. The van der Waals surface area contributed by atoms with E-state index in [0.717, 1.165) is 17.0 Å². The fraction of sp³-hybridized carbons (Fsp3) is 0.278. The lowest BCUT2D eigenvalue weighted by molar-refractivity contribution is -0.140. The summed E-state index contributed by atoms with van der Waals surface area (Å²) in [4.78, 5) is 11.7. The number of methoxy groups -OCH3 is 2. The van der Waals surface area contributed by atoms with Crippen molar-refractivity contribution < 1.29 is 14.3 Å². The minimum absolute atomic E-state index is 0.177. The first-order valence-corrected chi connectivity index (χ1v) is 7.17. The number of carbonyl (C=O) groups excluding carboxylic acids is 1. The Morgan fingerprint density at radius 3 is 2.41 bits per heavy atom. The molecular weight excluding hydrogens is 278 g/mol. The number of esters is 1. The molecule has 0 amide bonds. The second-order valence-corrected chi connectivity index (χ2v) is 5.09. The summed E-state index contributed by atoms with van der Waals surface area (Å²) in [6.07, 6.45) is 0.248. The standard InChI is InChI=1S/C18H21NO3/c1-13-8-10-14(11-9-13)16(12-18(20)22-3)19-15-6-4-5-7-17(15)21-2/h4-11,16,19H,12H2,1-3H3. The van der Waals surface area contributed by atoms with E-state index in [9.17, 15) is 4.79 Å². The van der Waals surface area contributed by atoms with E-state index < -0.39 is 0 Å². The number of anilines is 1. The summed E-state index contributed by atoms with van der Waals surface area (Å²) in [6.45, 7) is 2.03. The second-order valence-electron chi connectivity index (χ2n) is 5.09. The highest BCUT2D eigenvalue weighted by Gasteiger charge is 2.17. The zero-order valence-corrected chi connectivity index (χ0v) is 13.1. The van der Waals surface area contributed by atoms with Crippen LogP contribution in [0.1, 0.15) is 23.6 Å². The highest BCUT2D eigenvalue weighted by molar-refractivity contribution is 5.71. The van der Waals surface area contributed by atoms with Gasteiger partial charge in [0.1, 0.15) is 5.75 Å². The third-order valence-corrected chi connectivity index (χ3v) is 3.51. The van der Waals surface area contributed by atoms with Gasteiger partial charge in [0.15, 0.2) is 0 Å². The summed E-state index contributed by atoms with van der Waals surface area (Å²) in [6, 6.07) is 15.6. The SMILES string of the molecule is COC(=O)CC(Nc1ccccc1OC)c1ccc(C)cc1. The lowest BCUT2D eigenvalue weighted by atomic mass is 10.0. The highest BCUT2D eigenvalue weighted by atomic mass is 16.5. The quantitative estimate of drug-likeness (QED) is 0.826. The van der Waals surface area contributed by atoms with E-state index in [1.54, 1.807) is 7.11 Å². The monoisotopic (exact) mass is 299 g/mol. The smallest absolute Gasteiger partial charge is 0.307 e. The number of hydrogen-bond donors (Lipinski definition) is 1. The van der Waals surface area contributed by atoms with Gasteiger partial charge in [-0.15, -0.1) is 0 Å². The maximum absolute atomic E-state index is 11.7. The van der Waals surface area contributed by atoms with Crippen LogP contribution in [0.5, 0.6) is 5.75 Å². The summed E-state index contributed by atoms with van der Waals surface area (Å²) in [5, 5.41) is 3.37. The molecule has 0 aliphatic rings. The Bertz CT molecular complexity index is 622. The predicted octanol–water partition coefficient (Wildman–Crippen LogP) is 3.72. The third kappa shape index (κ3) is 4.01. The molecule has 2 aromatic rings. The fourth-order valence-electron chi connectivity index (χ4n) is 2.25. The van der Waals surface area contributed by atoms with E-state index in [1.807, 2.05) is 55.5 Å². The molecule has 0 bridgehead atoms. The topological polar surface area (TPSA) is 47.6 Å². The number of rotatable bonds is 6. The summed E-state index contributed by atoms with van der Waals surface area (Å²) in [5.41, 5.74) is 3.05. The number of carbonyl (C=O) groups is 1. The average molecular weight is 299 g/mol. The lowest BCUT2D eigenvalue weighted by Crippen LogP contribution is -2.16. The molecule has 0 radical (unpaired) electrons. The Labute approximate surface area is 131 Å². The molecule has 0 heterocycles. The van der Waals surface area contributed by atoms with Crippen molar-refractivity contribution in [2.75, 3.05) is 19.5 Å². The van der Waals surface area contributed by atoms with Crippen molar-refractivity contribution in [2.24, 2.45) is 0 Å². The normalized spacial score (nSPS) is 11.6. The van der Waals surface area contributed by atoms with Crippen molar-refractivity contribution in [3.05, 3.63) is 59.7 Å². The molecule has 116 valence electrons. The van der Waals surface area contributed by atoms with E-state index in [0.29, 0.717) is 0 Å². The van der Waals surface area contributed by atoms with Crippen LogP contribution in [0.25, 0.3) is 0 Å². The fourth-order valence-corrected chi connectivity index (χ4v) is 2.25. The number of benzene rings is 2. The second kappa shape index (κ2) is 7.50. The van der Waals surface area contributed by atoms with Gasteiger partial charge in [0.2, 0.25) is 0 Å². The van der Waals surface area contributed by atoms with E-state index in [1.165, 1.54) is 12.7 Å². The van der Waals surface area contributed by atoms with Crippen molar-refractivity contribution in [3.8, 4) is 5.75 Å². The number of hydrogen-bond acceptors (Lipinski definition) is 4. The number of aryl methyl sites for hydroxylation is 1. The van der Waals surface area contributed by atoms with Crippen molar-refractivity contribution >= 4 is 11.7 Å². The molecule has 0 aliphatic heterocycles. The van der Waals surface area contributed by atoms with Gasteiger partial charge in [-0.1, -0.05) is 42.0 Å². The van der Waals surface area contributed by atoms with E-state index in [4.69, 9.17) is 9.47 Å². The van der Waals surface area contributed by atoms with Crippen LogP contribution < -0.4 is 10.1 Å². The van der Waals surface area contributed by atoms with E-state index in [-0.39, 0.29) is 18.4 Å². The summed E-state index contributed by atoms with van der Waals surface area (Å²) >= 11 is 0. The molecule has 4 nitrogen and oxygen atoms in total. The van der Waals surface area contributed by atoms with Crippen LogP contribution in [0, 0.1) is 6.92 Å². The minimum atomic E-state index is -0.257. The van der Waals surface area contributed by atoms with Crippen LogP contribution in [0.15, 0.2) is 48.5 Å². The van der Waals surface area contributed by atoms with Gasteiger partial charge in [-0.05, 0) is 24.6 Å². The lowest BCUT2D eigenvalue weighted by Gasteiger charge is -2.21. The molecule has 2 aromatic carbocycles. The van der Waals surface area contributed by atoms with Crippen molar-refractivity contribution in [3.63, 3.8) is 0 Å². The number of para-hydroxylation sites is 2. The van der Waals surface area contributed by atoms with E-state index in [2.05, 4.69) is 5.32 Å². The van der Waals surface area contributed by atoms with Gasteiger partial charge in [-0.3, -0.25) is 4.79 Å². The third-order valence-electron chi connectivity index (χ3n) is 3.51. The molecule has 0 fully saturated rings. The van der Waals surface area contributed by atoms with Crippen LogP contribution in [0.4, 0.5) is 5.69 Å². The molecule has 0 saturated carbocycles. The van der Waals surface area contributed by atoms with Gasteiger partial charge >= 0.3 is 5.97 Å². The Morgan fingerprint density at radius 1 is 1.09 bits per heavy atom. The van der Waals surface area contributed by atoms with Crippen molar-refractivity contribution in [1.29, 1.82) is 0 Å². The molecule has 4 heteroatoms. The van der Waals surface area contributed by atoms with Crippen molar-refractivity contribution in [1.82, 2.24) is 0 Å². The first-order chi connectivity index (χ1) is 10.6. The molecular formula is C18H21NO3. The van der Waals surface area contributed by atoms with Crippen LogP contribution in [0.2, 0.25) is 0 Å². The Morgan fingerprint density at radius 2 is 1.77 bits per heavy atom. The van der Waals surface area contributed by atoms with Gasteiger partial charge in [-0.25, -0.2) is 0 Å². The average Bonchev–Trinajstić information content (AvgIpc) is 2.55. The van der Waals surface area contributed by atoms with Crippen LogP contribution in [0.3, 0.4) is 0 Å². The molecule has 22 heavy (non-hydrogen) atoms. The first-order valence-electron chi connectivity index (χ1n) is 7.17. The molecule has 2 rings (SSSR count). The molecule has 0 aromatic heterocycles. The first kappa shape index (κ1) is 15.9. The Balaban J connectivity index is 2.27. The highest BCUT2D eigenvalue weighted by Crippen LogP contribution is 2.29. The Kier molecular flexibility index (Phi) is 5.42. The zero-order chi connectivity index (χ0) is 15.9. The maximum Gasteiger partial charge on any atom is 0.307 e. The number of nitrogens with one attached hydrogen (secondary N) is 1. The van der Waals surface area contributed by atoms with Gasteiger partial charge in [0, 0.05) is 0 Å². The zero-order valence-electron chi connectivity index (χ0n) is 13.1. The van der Waals surface area contributed by atoms with Gasteiger partial charge in [0.05, 0.1) is 32.4 Å². The van der Waals surface area contributed by atoms with Crippen LogP contribution in [-0.4, -0.2) is 20.2 Å². The van der Waals surface area contributed by atoms with Gasteiger partial charge in [-0.2, -0.15) is 0 Å². The molecule has 0 spiro atoms. The summed E-state index contributed by atoms with van der Waals surface area (Å²) in [7, 11) is 3.03. The molecule has 0 aliphatic carbocycles. The minimum Gasteiger partial charge on any atom is -0.495 e. The van der Waals surface area contributed by atoms with Crippen LogP contribution in [-0.2, 0) is 9.53 Å². The van der Waals surface area contributed by atoms with Crippen molar-refractivity contribution in [2.45, 2.75) is 19.4 Å². The summed E-state index contributed by atoms with van der Waals surface area (Å²) in [5.74, 6) is 0.484. The molecule has 0 saturated heterocycles. The predicted molar refractivity (Wildman–Crippen MR) is 87.2 cm³/mol. The van der Waals surface area contributed by atoms with E-state index >= 15 is 0 Å². The Hall–Kier alpha value is -2.49. The largest absolute Gasteiger partial charge is 0.495 e. The van der Waals surface area contributed by atoms with Crippen LogP contribution >= 0.6 is 0 Å². The summed E-state index contributed by atoms with van der Waals surface area (Å²) < 4.78 is 10.2. The molecule has 1 N–H and O–H groups in total. The molecule has 1 atom stereocenters. The molecule has 1 unspecified atom stereocenters. The van der Waals surface area contributed by atoms with Gasteiger partial charge < -0.3 is 14.8 Å².